The van der Waals surface area contributed by atoms with Gasteiger partial charge in [-0.15, -0.1) is 0 Å². The first-order valence-corrected chi connectivity index (χ1v) is 6.75. The van der Waals surface area contributed by atoms with Crippen molar-refractivity contribution in [2.45, 2.75) is 77.7 Å². The van der Waals surface area contributed by atoms with Gasteiger partial charge in [0.15, 0.2) is 5.60 Å². The zero-order valence-corrected chi connectivity index (χ0v) is 11.4. The standard InChI is InChI=1S/C14H25O3/c1-4-7-8-9-10-11-14(6-3,12-15)17-13(16)5-2/h4-11H2,1-3H3. The molecule has 0 fully saturated rings. The summed E-state index contributed by atoms with van der Waals surface area (Å²) in [5.74, 6) is -0.316. The molecule has 0 aliphatic rings. The Morgan fingerprint density at radius 3 is 2.24 bits per heavy atom. The van der Waals surface area contributed by atoms with Gasteiger partial charge in [-0.25, -0.2) is 0 Å². The maximum atomic E-state index is 11.3. The van der Waals surface area contributed by atoms with Crippen LogP contribution in [0.5, 0.6) is 0 Å². The van der Waals surface area contributed by atoms with Gasteiger partial charge in [-0.2, -0.15) is 0 Å². The van der Waals surface area contributed by atoms with Crippen LogP contribution in [-0.2, 0) is 14.3 Å². The average molecular weight is 241 g/mol. The van der Waals surface area contributed by atoms with Crippen LogP contribution in [0.4, 0.5) is 0 Å². The fourth-order valence-electron chi connectivity index (χ4n) is 1.75. The maximum Gasteiger partial charge on any atom is 0.306 e. The van der Waals surface area contributed by atoms with Gasteiger partial charge in [0, 0.05) is 6.42 Å². The van der Waals surface area contributed by atoms with E-state index >= 15 is 0 Å². The number of hydrogen-bond acceptors (Lipinski definition) is 3. The molecule has 1 unspecified atom stereocenters. The molecule has 0 aromatic carbocycles. The molecule has 0 aromatic heterocycles. The Hall–Kier alpha value is -0.860. The van der Waals surface area contributed by atoms with Crippen molar-refractivity contribution >= 4 is 12.3 Å². The molecule has 0 aromatic rings. The fourth-order valence-corrected chi connectivity index (χ4v) is 1.75. The van der Waals surface area contributed by atoms with E-state index in [9.17, 15) is 9.59 Å². The van der Waals surface area contributed by atoms with Crippen LogP contribution < -0.4 is 0 Å². The molecule has 0 aliphatic heterocycles. The van der Waals surface area contributed by atoms with Crippen molar-refractivity contribution in [2.24, 2.45) is 0 Å². The summed E-state index contributed by atoms with van der Waals surface area (Å²) in [5.41, 5.74) is -1.00. The van der Waals surface area contributed by atoms with Crippen LogP contribution in [0.25, 0.3) is 0 Å². The molecule has 0 rings (SSSR count). The lowest BCUT2D eigenvalue weighted by atomic mass is 9.94. The third-order valence-corrected chi connectivity index (χ3v) is 3.04. The van der Waals surface area contributed by atoms with Crippen LogP contribution in [0.2, 0.25) is 0 Å². The molecule has 0 N–H and O–H groups in total. The maximum absolute atomic E-state index is 11.3. The molecule has 0 aliphatic carbocycles. The minimum atomic E-state index is -1.00. The highest BCUT2D eigenvalue weighted by Crippen LogP contribution is 2.22. The van der Waals surface area contributed by atoms with E-state index in [4.69, 9.17) is 4.74 Å². The first-order valence-electron chi connectivity index (χ1n) is 6.75. The van der Waals surface area contributed by atoms with Crippen molar-refractivity contribution < 1.29 is 14.3 Å². The van der Waals surface area contributed by atoms with Crippen molar-refractivity contribution in [3.05, 3.63) is 0 Å². The highest BCUT2D eigenvalue weighted by Gasteiger charge is 2.32. The lowest BCUT2D eigenvalue weighted by molar-refractivity contribution is -0.154. The molecule has 0 saturated carbocycles. The van der Waals surface area contributed by atoms with Crippen molar-refractivity contribution in [1.29, 1.82) is 0 Å². The molecule has 99 valence electrons. The van der Waals surface area contributed by atoms with E-state index in [0.717, 1.165) is 12.8 Å². The van der Waals surface area contributed by atoms with E-state index < -0.39 is 5.60 Å². The summed E-state index contributed by atoms with van der Waals surface area (Å²) in [4.78, 5) is 22.3. The second-order valence-corrected chi connectivity index (χ2v) is 4.44. The molecule has 17 heavy (non-hydrogen) atoms. The Morgan fingerprint density at radius 2 is 1.76 bits per heavy atom. The van der Waals surface area contributed by atoms with Gasteiger partial charge in [0.2, 0.25) is 6.29 Å². The number of esters is 1. The number of unbranched alkanes of at least 4 members (excludes halogenated alkanes) is 4. The molecule has 0 bridgehead atoms. The monoisotopic (exact) mass is 241 g/mol. The molecule has 3 nitrogen and oxygen atoms in total. The van der Waals surface area contributed by atoms with Crippen molar-refractivity contribution in [1.82, 2.24) is 0 Å². The largest absolute Gasteiger partial charge is 0.451 e. The summed E-state index contributed by atoms with van der Waals surface area (Å²) in [5, 5.41) is 0. The Bertz CT molecular complexity index is 226. The number of carbonyl (C=O) groups excluding carboxylic acids is 2. The predicted molar refractivity (Wildman–Crippen MR) is 68.5 cm³/mol. The first kappa shape index (κ1) is 16.1. The quantitative estimate of drug-likeness (QED) is 0.434. The molecular formula is C14H25O3. The summed E-state index contributed by atoms with van der Waals surface area (Å²) >= 11 is 0. The predicted octanol–water partition coefficient (Wildman–Crippen LogP) is 3.56. The van der Waals surface area contributed by atoms with E-state index in [1.807, 2.05) is 13.2 Å². The average Bonchev–Trinajstić information content (AvgIpc) is 2.37. The van der Waals surface area contributed by atoms with Crippen LogP contribution in [0.1, 0.15) is 72.1 Å². The Morgan fingerprint density at radius 1 is 1.12 bits per heavy atom. The second-order valence-electron chi connectivity index (χ2n) is 4.44. The first-order chi connectivity index (χ1) is 8.14. The zero-order valence-electron chi connectivity index (χ0n) is 11.4. The van der Waals surface area contributed by atoms with E-state index in [2.05, 4.69) is 6.92 Å². The van der Waals surface area contributed by atoms with Gasteiger partial charge in [-0.1, -0.05) is 46.5 Å². The summed E-state index contributed by atoms with van der Waals surface area (Å²) < 4.78 is 5.23. The van der Waals surface area contributed by atoms with Crippen molar-refractivity contribution in [3.63, 3.8) is 0 Å². The van der Waals surface area contributed by atoms with Gasteiger partial charge >= 0.3 is 5.97 Å². The smallest absolute Gasteiger partial charge is 0.306 e. The van der Waals surface area contributed by atoms with Crippen molar-refractivity contribution in [2.75, 3.05) is 0 Å². The van der Waals surface area contributed by atoms with Gasteiger partial charge < -0.3 is 4.74 Å². The van der Waals surface area contributed by atoms with Crippen molar-refractivity contribution in [3.8, 4) is 0 Å². The molecule has 3 heteroatoms. The Kier molecular flexibility index (Phi) is 8.73. The highest BCUT2D eigenvalue weighted by molar-refractivity contribution is 5.74. The topological polar surface area (TPSA) is 43.4 Å². The summed E-state index contributed by atoms with van der Waals surface area (Å²) in [6, 6.07) is 0. The Balaban J connectivity index is 4.11. The molecule has 0 saturated heterocycles. The third kappa shape index (κ3) is 6.44. The number of carbonyl (C=O) groups is 1. The van der Waals surface area contributed by atoms with E-state index in [0.29, 0.717) is 19.3 Å². The van der Waals surface area contributed by atoms with E-state index in [1.54, 1.807) is 6.92 Å². The normalized spacial score (nSPS) is 14.1. The SMILES string of the molecule is CCCCCCCC([C]=O)(CC)OC(=O)CC. The summed E-state index contributed by atoms with van der Waals surface area (Å²) in [6.45, 7) is 5.76. The number of ether oxygens (including phenoxy) is 1. The molecule has 0 amide bonds. The van der Waals surface area contributed by atoms with Crippen LogP contribution in [-0.4, -0.2) is 17.9 Å². The second kappa shape index (κ2) is 9.20. The molecule has 1 radical (unpaired) electrons. The Labute approximate surface area is 105 Å². The van der Waals surface area contributed by atoms with Gasteiger partial charge in [0.25, 0.3) is 0 Å². The number of hydrogen-bond donors (Lipinski definition) is 0. The molecule has 1 atom stereocenters. The van der Waals surface area contributed by atoms with Crippen LogP contribution >= 0.6 is 0 Å². The van der Waals surface area contributed by atoms with Gasteiger partial charge in [-0.05, 0) is 19.3 Å². The number of rotatable bonds is 10. The molecule has 0 heterocycles. The van der Waals surface area contributed by atoms with Gasteiger partial charge in [0.1, 0.15) is 0 Å². The molecular weight excluding hydrogens is 216 g/mol. The van der Waals surface area contributed by atoms with E-state index in [1.165, 1.54) is 19.3 Å². The van der Waals surface area contributed by atoms with Crippen LogP contribution in [0.3, 0.4) is 0 Å². The van der Waals surface area contributed by atoms with Crippen LogP contribution in [0.15, 0.2) is 0 Å². The summed E-state index contributed by atoms with van der Waals surface area (Å²) in [6.07, 6.45) is 8.94. The van der Waals surface area contributed by atoms with Gasteiger partial charge in [0.05, 0.1) is 0 Å². The fraction of sp³-hybridized carbons (Fsp3) is 0.857. The van der Waals surface area contributed by atoms with Gasteiger partial charge in [-0.3, -0.25) is 9.59 Å². The highest BCUT2D eigenvalue weighted by atomic mass is 16.6. The molecule has 0 spiro atoms. The summed E-state index contributed by atoms with van der Waals surface area (Å²) in [7, 11) is 0. The minimum Gasteiger partial charge on any atom is -0.451 e. The third-order valence-electron chi connectivity index (χ3n) is 3.04. The lowest BCUT2D eigenvalue weighted by Crippen LogP contribution is -2.36. The van der Waals surface area contributed by atoms with Crippen LogP contribution in [0, 0.1) is 0 Å². The zero-order chi connectivity index (χ0) is 13.1. The lowest BCUT2D eigenvalue weighted by Gasteiger charge is -2.25. The minimum absolute atomic E-state index is 0.305. The van der Waals surface area contributed by atoms with E-state index in [-0.39, 0.29) is 5.97 Å².